The molecule has 2 aliphatic rings. The number of alkyl halides is 2. The second-order valence-electron chi connectivity index (χ2n) is 6.54. The number of aromatic nitrogens is 3. The predicted molar refractivity (Wildman–Crippen MR) is 88.4 cm³/mol. The summed E-state index contributed by atoms with van der Waals surface area (Å²) in [5.41, 5.74) is 8.53. The summed E-state index contributed by atoms with van der Waals surface area (Å²) in [6, 6.07) is 5.55. The van der Waals surface area contributed by atoms with Crippen molar-refractivity contribution in [2.24, 2.45) is 5.73 Å². The van der Waals surface area contributed by atoms with E-state index in [2.05, 4.69) is 10.2 Å². The Kier molecular flexibility index (Phi) is 3.60. The van der Waals surface area contributed by atoms with Crippen molar-refractivity contribution < 1.29 is 8.78 Å². The van der Waals surface area contributed by atoms with Crippen LogP contribution in [0.2, 0.25) is 5.02 Å². The van der Waals surface area contributed by atoms with Crippen LogP contribution in [0.25, 0.3) is 11.8 Å². The predicted octanol–water partition coefficient (Wildman–Crippen LogP) is 4.07. The first-order valence-electron chi connectivity index (χ1n) is 8.01. The summed E-state index contributed by atoms with van der Waals surface area (Å²) in [5, 5.41) is 9.21. The van der Waals surface area contributed by atoms with Crippen LogP contribution < -0.4 is 5.73 Å². The van der Waals surface area contributed by atoms with Crippen LogP contribution in [0.1, 0.15) is 48.8 Å². The first-order valence-corrected chi connectivity index (χ1v) is 8.39. The fourth-order valence-electron chi connectivity index (χ4n) is 3.55. The Labute approximate surface area is 143 Å². The second-order valence-corrected chi connectivity index (χ2v) is 6.98. The molecule has 0 saturated heterocycles. The Morgan fingerprint density at radius 3 is 2.71 bits per heavy atom. The summed E-state index contributed by atoms with van der Waals surface area (Å²) in [6.07, 6.45) is 2.98. The summed E-state index contributed by atoms with van der Waals surface area (Å²) >= 11 is 6.10. The molecule has 1 fully saturated rings. The number of nitrogens with zero attached hydrogens (tertiary/aromatic N) is 3. The van der Waals surface area contributed by atoms with Crippen LogP contribution in [0.15, 0.2) is 23.9 Å². The van der Waals surface area contributed by atoms with E-state index in [9.17, 15) is 8.78 Å². The Bertz CT molecular complexity index is 818. The van der Waals surface area contributed by atoms with Crippen LogP contribution in [-0.2, 0) is 6.42 Å². The maximum absolute atomic E-state index is 13.5. The van der Waals surface area contributed by atoms with Crippen molar-refractivity contribution in [3.63, 3.8) is 0 Å². The molecule has 4 nitrogen and oxygen atoms in total. The fourth-order valence-corrected chi connectivity index (χ4v) is 3.73. The molecule has 1 aromatic carbocycles. The fraction of sp³-hybridized carbons (Fsp3) is 0.412. The third-order valence-corrected chi connectivity index (χ3v) is 5.01. The Balaban J connectivity index is 1.80. The van der Waals surface area contributed by atoms with Gasteiger partial charge in [0.2, 0.25) is 5.92 Å². The van der Waals surface area contributed by atoms with Crippen molar-refractivity contribution in [1.29, 1.82) is 0 Å². The number of fused-ring (bicyclic) bond motifs is 3. The van der Waals surface area contributed by atoms with Gasteiger partial charge in [0.05, 0.1) is 5.69 Å². The molecule has 0 bridgehead atoms. The van der Waals surface area contributed by atoms with E-state index in [4.69, 9.17) is 17.3 Å². The smallest absolute Gasteiger partial charge is 0.248 e. The number of hydrogen-bond donors (Lipinski definition) is 1. The minimum Gasteiger partial charge on any atom is -0.402 e. The topological polar surface area (TPSA) is 56.7 Å². The van der Waals surface area contributed by atoms with Gasteiger partial charge in [-0.25, -0.2) is 8.78 Å². The number of allylic oxidation sites excluding steroid dienone is 1. The van der Waals surface area contributed by atoms with Gasteiger partial charge < -0.3 is 5.73 Å². The van der Waals surface area contributed by atoms with E-state index in [0.29, 0.717) is 30.0 Å². The average molecular weight is 351 g/mol. The normalized spacial score (nSPS) is 20.0. The summed E-state index contributed by atoms with van der Waals surface area (Å²) in [7, 11) is 0. The monoisotopic (exact) mass is 350 g/mol. The molecule has 2 N–H and O–H groups in total. The van der Waals surface area contributed by atoms with E-state index >= 15 is 0 Å². The van der Waals surface area contributed by atoms with E-state index in [-0.39, 0.29) is 18.8 Å². The summed E-state index contributed by atoms with van der Waals surface area (Å²) < 4.78 is 28.9. The van der Waals surface area contributed by atoms with E-state index < -0.39 is 5.92 Å². The van der Waals surface area contributed by atoms with Crippen molar-refractivity contribution in [2.75, 3.05) is 0 Å². The highest BCUT2D eigenvalue weighted by molar-refractivity contribution is 6.30. The number of benzene rings is 1. The average Bonchev–Trinajstić information content (AvgIpc) is 2.85. The molecular formula is C17H17ClF2N4. The zero-order chi connectivity index (χ0) is 16.9. The van der Waals surface area contributed by atoms with E-state index in [1.54, 1.807) is 6.07 Å². The van der Waals surface area contributed by atoms with Crippen molar-refractivity contribution in [2.45, 2.75) is 43.9 Å². The first-order chi connectivity index (χ1) is 11.4. The number of rotatable bonds is 1. The minimum absolute atomic E-state index is 0.0197. The molecule has 1 aromatic heterocycles. The molecule has 4 rings (SSSR count). The van der Waals surface area contributed by atoms with Crippen LogP contribution in [0.3, 0.4) is 0 Å². The standard InChI is InChI=1S/C17H17ClF2N4/c18-12-1-2-14-11(7-12)8-13(21)9-15-22-23-16(24(14)15)10-3-5-17(19,20)6-4-10/h1-2,7-8,10H,3-6,9,21H2. The van der Waals surface area contributed by atoms with Crippen LogP contribution >= 0.6 is 11.6 Å². The number of halogens is 3. The van der Waals surface area contributed by atoms with Crippen LogP contribution in [0.5, 0.6) is 0 Å². The third-order valence-electron chi connectivity index (χ3n) is 4.77. The second kappa shape index (κ2) is 5.55. The van der Waals surface area contributed by atoms with Crippen LogP contribution in [-0.4, -0.2) is 20.7 Å². The Hall–Kier alpha value is -1.95. The van der Waals surface area contributed by atoms with Gasteiger partial charge in [-0.2, -0.15) is 0 Å². The van der Waals surface area contributed by atoms with Gasteiger partial charge in [-0.3, -0.25) is 4.57 Å². The van der Waals surface area contributed by atoms with Gasteiger partial charge in [-0.1, -0.05) is 11.6 Å². The molecule has 0 radical (unpaired) electrons. The third kappa shape index (κ3) is 2.69. The van der Waals surface area contributed by atoms with Gasteiger partial charge in [-0.05, 0) is 37.1 Å². The highest BCUT2D eigenvalue weighted by atomic mass is 35.5. The van der Waals surface area contributed by atoms with Crippen molar-refractivity contribution in [3.05, 3.63) is 46.1 Å². The van der Waals surface area contributed by atoms with Gasteiger partial charge in [0.15, 0.2) is 0 Å². The van der Waals surface area contributed by atoms with E-state index in [0.717, 1.165) is 22.9 Å². The molecule has 0 unspecified atom stereocenters. The lowest BCUT2D eigenvalue weighted by Gasteiger charge is -2.28. The molecule has 7 heteroatoms. The Morgan fingerprint density at radius 1 is 1.21 bits per heavy atom. The van der Waals surface area contributed by atoms with Gasteiger partial charge in [0.25, 0.3) is 0 Å². The molecule has 1 saturated carbocycles. The summed E-state index contributed by atoms with van der Waals surface area (Å²) in [6.45, 7) is 0. The minimum atomic E-state index is -2.56. The molecule has 0 spiro atoms. The summed E-state index contributed by atoms with van der Waals surface area (Å²) in [4.78, 5) is 0. The van der Waals surface area contributed by atoms with Gasteiger partial charge in [0.1, 0.15) is 11.6 Å². The molecule has 24 heavy (non-hydrogen) atoms. The molecule has 1 aliphatic carbocycles. The largest absolute Gasteiger partial charge is 0.402 e. The van der Waals surface area contributed by atoms with Gasteiger partial charge in [0, 0.05) is 41.5 Å². The maximum atomic E-state index is 13.5. The molecular weight excluding hydrogens is 334 g/mol. The van der Waals surface area contributed by atoms with Crippen molar-refractivity contribution >= 4 is 17.7 Å². The molecule has 0 atom stereocenters. The highest BCUT2D eigenvalue weighted by Crippen LogP contribution is 2.41. The lowest BCUT2D eigenvalue weighted by atomic mass is 9.86. The molecule has 126 valence electrons. The zero-order valence-electron chi connectivity index (χ0n) is 13.0. The molecule has 1 aliphatic heterocycles. The lowest BCUT2D eigenvalue weighted by molar-refractivity contribution is -0.0388. The Morgan fingerprint density at radius 2 is 1.96 bits per heavy atom. The quantitative estimate of drug-likeness (QED) is 0.843. The van der Waals surface area contributed by atoms with Gasteiger partial charge in [-0.15, -0.1) is 10.2 Å². The van der Waals surface area contributed by atoms with Crippen molar-refractivity contribution in [3.8, 4) is 5.69 Å². The number of nitrogens with two attached hydrogens (primary N) is 1. The first kappa shape index (κ1) is 15.6. The SMILES string of the molecule is NC1=Cc2cc(Cl)ccc2-n2c(nnc2C2CCC(F)(F)CC2)C1. The zero-order valence-corrected chi connectivity index (χ0v) is 13.7. The van der Waals surface area contributed by atoms with E-state index in [1.165, 1.54) is 0 Å². The maximum Gasteiger partial charge on any atom is 0.248 e. The number of hydrogen-bond acceptors (Lipinski definition) is 3. The lowest BCUT2D eigenvalue weighted by Crippen LogP contribution is -2.25. The van der Waals surface area contributed by atoms with Gasteiger partial charge >= 0.3 is 0 Å². The van der Waals surface area contributed by atoms with Crippen molar-refractivity contribution in [1.82, 2.24) is 14.8 Å². The molecule has 0 amide bonds. The molecule has 2 heterocycles. The highest BCUT2D eigenvalue weighted by Gasteiger charge is 2.37. The van der Waals surface area contributed by atoms with Crippen LogP contribution in [0, 0.1) is 0 Å². The summed E-state index contributed by atoms with van der Waals surface area (Å²) in [5.74, 6) is -1.10. The van der Waals surface area contributed by atoms with Crippen LogP contribution in [0.4, 0.5) is 8.78 Å². The van der Waals surface area contributed by atoms with E-state index in [1.807, 2.05) is 22.8 Å². The molecule has 2 aromatic rings.